The summed E-state index contributed by atoms with van der Waals surface area (Å²) in [6.45, 7) is 8.00. The molecule has 0 aliphatic carbocycles. The monoisotopic (exact) mass is 194 g/mol. The third-order valence-electron chi connectivity index (χ3n) is 1.38. The van der Waals surface area contributed by atoms with Crippen LogP contribution in [0.1, 0.15) is 45.5 Å². The Morgan fingerprint density at radius 1 is 1.14 bits per heavy atom. The van der Waals surface area contributed by atoms with E-state index in [9.17, 15) is 0 Å². The van der Waals surface area contributed by atoms with Crippen LogP contribution in [-0.4, -0.2) is 10.3 Å². The van der Waals surface area contributed by atoms with Gasteiger partial charge in [0.15, 0.2) is 0 Å². The van der Waals surface area contributed by atoms with E-state index in [1.807, 2.05) is 45.1 Å². The molecule has 0 bridgehead atoms. The van der Waals surface area contributed by atoms with Gasteiger partial charge in [0, 0.05) is 0 Å². The molecule has 0 aromatic carbocycles. The topological polar surface area (TPSA) is 38.9 Å². The van der Waals surface area contributed by atoms with Gasteiger partial charge in [-0.2, -0.15) is 0 Å². The van der Waals surface area contributed by atoms with Gasteiger partial charge in [0.1, 0.15) is 11.4 Å². The van der Waals surface area contributed by atoms with Crippen LogP contribution in [0.25, 0.3) is 12.2 Å². The van der Waals surface area contributed by atoms with Crippen LogP contribution in [0, 0.1) is 0 Å². The zero-order chi connectivity index (χ0) is 10.8. The molecule has 0 aliphatic rings. The van der Waals surface area contributed by atoms with Crippen molar-refractivity contribution in [3.05, 3.63) is 23.5 Å². The lowest BCUT2D eigenvalue weighted by atomic mass is 10.2. The molecule has 0 saturated heterocycles. The second-order valence-corrected chi connectivity index (χ2v) is 2.35. The van der Waals surface area contributed by atoms with Gasteiger partial charge in [-0.3, -0.25) is 0 Å². The van der Waals surface area contributed by atoms with E-state index in [2.05, 4.69) is 21.9 Å². The molecule has 78 valence electrons. The molecule has 0 spiro atoms. The minimum absolute atomic E-state index is 0.780. The van der Waals surface area contributed by atoms with Crippen molar-refractivity contribution in [1.29, 1.82) is 0 Å². The first-order chi connectivity index (χ1) is 6.88. The summed E-state index contributed by atoms with van der Waals surface area (Å²) in [4.78, 5) is 0. The Kier molecular flexibility index (Phi) is 7.42. The molecule has 0 radical (unpaired) electrons. The van der Waals surface area contributed by atoms with Crippen LogP contribution >= 0.6 is 0 Å². The molecule has 14 heavy (non-hydrogen) atoms. The third kappa shape index (κ3) is 4.03. The smallest absolute Gasteiger partial charge is 0.134 e. The highest BCUT2D eigenvalue weighted by Crippen LogP contribution is 2.07. The molecule has 3 nitrogen and oxygen atoms in total. The summed E-state index contributed by atoms with van der Waals surface area (Å²) < 4.78 is 4.59. The van der Waals surface area contributed by atoms with Crippen molar-refractivity contribution in [3.63, 3.8) is 0 Å². The van der Waals surface area contributed by atoms with Crippen molar-refractivity contribution in [2.75, 3.05) is 0 Å². The van der Waals surface area contributed by atoms with E-state index in [1.54, 1.807) is 0 Å². The number of rotatable bonds is 3. The molecular formula is C11H18N2O. The van der Waals surface area contributed by atoms with Gasteiger partial charge in [0.05, 0.1) is 0 Å². The van der Waals surface area contributed by atoms with Gasteiger partial charge in [-0.15, -0.1) is 0 Å². The first-order valence-electron chi connectivity index (χ1n) is 5.00. The molecule has 1 rings (SSSR count). The maximum Gasteiger partial charge on any atom is 0.134 e. The van der Waals surface area contributed by atoms with Crippen molar-refractivity contribution >= 4 is 12.2 Å². The van der Waals surface area contributed by atoms with Crippen LogP contribution in [0.4, 0.5) is 0 Å². The molecule has 3 heteroatoms. The van der Waals surface area contributed by atoms with Crippen molar-refractivity contribution in [2.24, 2.45) is 0 Å². The Balaban J connectivity index is 0.000000791. The van der Waals surface area contributed by atoms with Gasteiger partial charge in [-0.05, 0) is 35.8 Å². The fourth-order valence-electron chi connectivity index (χ4n) is 0.821. The van der Waals surface area contributed by atoms with Crippen LogP contribution in [-0.2, 0) is 0 Å². The molecule has 0 atom stereocenters. The average molecular weight is 194 g/mol. The second-order valence-electron chi connectivity index (χ2n) is 2.35. The Bertz CT molecular complexity index is 287. The number of allylic oxidation sites excluding steroid dienone is 2. The molecule has 0 amide bonds. The minimum atomic E-state index is 0.780. The first kappa shape index (κ1) is 12.6. The van der Waals surface area contributed by atoms with Crippen molar-refractivity contribution in [1.82, 2.24) is 10.3 Å². The van der Waals surface area contributed by atoms with Gasteiger partial charge in [0.25, 0.3) is 0 Å². The molecule has 0 fully saturated rings. The van der Waals surface area contributed by atoms with Gasteiger partial charge < -0.3 is 0 Å². The number of hydrogen-bond acceptors (Lipinski definition) is 3. The Labute approximate surface area is 85.5 Å². The average Bonchev–Trinajstić information content (AvgIpc) is 2.66. The normalized spacial score (nSPS) is 10.6. The highest BCUT2D eigenvalue weighted by Gasteiger charge is 2.00. The lowest BCUT2D eigenvalue weighted by Crippen LogP contribution is -1.76. The predicted molar refractivity (Wildman–Crippen MR) is 59.7 cm³/mol. The van der Waals surface area contributed by atoms with Crippen LogP contribution in [0.3, 0.4) is 0 Å². The molecule has 0 unspecified atom stereocenters. The van der Waals surface area contributed by atoms with Crippen LogP contribution in [0.5, 0.6) is 0 Å². The zero-order valence-corrected chi connectivity index (χ0v) is 9.32. The van der Waals surface area contributed by atoms with Crippen molar-refractivity contribution in [2.45, 2.75) is 34.1 Å². The lowest BCUT2D eigenvalue weighted by molar-refractivity contribution is 0.305. The quantitative estimate of drug-likeness (QED) is 0.738. The molecule has 0 N–H and O–H groups in total. The van der Waals surface area contributed by atoms with Crippen LogP contribution < -0.4 is 0 Å². The minimum Gasteiger partial charge on any atom is -0.243 e. The fraction of sp³-hybridized carbons (Fsp3) is 0.455. The second kappa shape index (κ2) is 8.23. The summed E-state index contributed by atoms with van der Waals surface area (Å²) in [5.74, 6) is 0. The highest BCUT2D eigenvalue weighted by atomic mass is 16.6. The van der Waals surface area contributed by atoms with Gasteiger partial charge in [-0.1, -0.05) is 32.9 Å². The van der Waals surface area contributed by atoms with Gasteiger partial charge in [0.2, 0.25) is 0 Å². The maximum atomic E-state index is 4.59. The third-order valence-corrected chi connectivity index (χ3v) is 1.38. The fourth-order valence-corrected chi connectivity index (χ4v) is 0.821. The van der Waals surface area contributed by atoms with E-state index in [1.165, 1.54) is 0 Å². The van der Waals surface area contributed by atoms with E-state index in [0.29, 0.717) is 0 Å². The van der Waals surface area contributed by atoms with Gasteiger partial charge in [-0.25, -0.2) is 4.63 Å². The van der Waals surface area contributed by atoms with E-state index >= 15 is 0 Å². The Morgan fingerprint density at radius 2 is 1.71 bits per heavy atom. The standard InChI is InChI=1S/C9H12N2O.C2H6/c1-3-5-7-9-8(6-4-2)10-12-11-9;1-2/h4-7H,3H2,1-2H3;1-2H3/b6-4-,7-5-;. The van der Waals surface area contributed by atoms with Crippen molar-refractivity contribution in [3.8, 4) is 0 Å². The zero-order valence-electron chi connectivity index (χ0n) is 9.32. The summed E-state index contributed by atoms with van der Waals surface area (Å²) in [6.07, 6.45) is 8.69. The van der Waals surface area contributed by atoms with E-state index < -0.39 is 0 Å². The largest absolute Gasteiger partial charge is 0.243 e. The molecule has 1 aromatic rings. The van der Waals surface area contributed by atoms with Crippen LogP contribution in [0.15, 0.2) is 16.8 Å². The summed E-state index contributed by atoms with van der Waals surface area (Å²) in [6, 6.07) is 0. The van der Waals surface area contributed by atoms with Gasteiger partial charge >= 0.3 is 0 Å². The summed E-state index contributed by atoms with van der Waals surface area (Å²) >= 11 is 0. The Morgan fingerprint density at radius 3 is 2.21 bits per heavy atom. The van der Waals surface area contributed by atoms with E-state index in [4.69, 9.17) is 0 Å². The molecule has 1 heterocycles. The number of hydrogen-bond donors (Lipinski definition) is 0. The number of aromatic nitrogens is 2. The molecule has 0 aliphatic heterocycles. The lowest BCUT2D eigenvalue weighted by Gasteiger charge is -1.82. The van der Waals surface area contributed by atoms with E-state index in [-0.39, 0.29) is 0 Å². The highest BCUT2D eigenvalue weighted by molar-refractivity contribution is 5.57. The molecule has 1 aromatic heterocycles. The molecule has 0 saturated carbocycles. The first-order valence-corrected chi connectivity index (χ1v) is 5.00. The van der Waals surface area contributed by atoms with Crippen molar-refractivity contribution < 1.29 is 4.63 Å². The maximum absolute atomic E-state index is 4.59. The Hall–Kier alpha value is -1.38. The summed E-state index contributed by atoms with van der Waals surface area (Å²) in [5.41, 5.74) is 1.57. The SMILES string of the molecule is C/C=C\c1nonc1/C=C\CC.CC. The summed E-state index contributed by atoms with van der Waals surface area (Å²) in [7, 11) is 0. The number of nitrogens with zero attached hydrogens (tertiary/aromatic N) is 2. The predicted octanol–water partition coefficient (Wildman–Crippen LogP) is 3.55. The summed E-state index contributed by atoms with van der Waals surface area (Å²) in [5, 5.41) is 7.48. The van der Waals surface area contributed by atoms with E-state index in [0.717, 1.165) is 17.8 Å². The van der Waals surface area contributed by atoms with Crippen LogP contribution in [0.2, 0.25) is 0 Å². The molecular weight excluding hydrogens is 176 g/mol.